The van der Waals surface area contributed by atoms with Crippen molar-refractivity contribution in [2.45, 2.75) is 26.4 Å². The van der Waals surface area contributed by atoms with Crippen molar-refractivity contribution in [3.8, 4) is 46.3 Å². The lowest BCUT2D eigenvalue weighted by molar-refractivity contribution is 0.102. The van der Waals surface area contributed by atoms with Gasteiger partial charge in [-0.3, -0.25) is 19.1 Å². The Balaban J connectivity index is 1.29. The molecule has 5 aromatic rings. The molecular weight excluding hydrogens is 626 g/mol. The Hall–Kier alpha value is -6.16. The minimum atomic E-state index is -0.836. The molecule has 1 unspecified atom stereocenters. The standard InChI is InChI=1S/C35H28F2N4O7/c1-3-23(19-38)47-29-18-25-30(33-32(29)45-15-16-46-33)28(11-13-39-25)48-26-10-7-21(17-24(26)37)40-34(42)31-27(44-4-2)12-14-41(35(31)43)22-8-5-20(36)6-9-22/h5-14,17-18,23H,3-4,15-16H2,1-2H3,(H,40,42). The van der Waals surface area contributed by atoms with Crippen molar-refractivity contribution in [3.63, 3.8) is 0 Å². The topological polar surface area (TPSA) is 134 Å². The average Bonchev–Trinajstić information content (AvgIpc) is 3.09. The quantitative estimate of drug-likeness (QED) is 0.178. The lowest BCUT2D eigenvalue weighted by Gasteiger charge is -2.24. The summed E-state index contributed by atoms with van der Waals surface area (Å²) in [5.74, 6) is -1.20. The van der Waals surface area contributed by atoms with E-state index in [0.29, 0.717) is 23.0 Å². The summed E-state index contributed by atoms with van der Waals surface area (Å²) in [7, 11) is 0. The van der Waals surface area contributed by atoms with Crippen molar-refractivity contribution in [3.05, 3.63) is 101 Å². The number of benzene rings is 3. The number of amides is 1. The third kappa shape index (κ3) is 6.28. The number of pyridine rings is 2. The number of hydrogen-bond donors (Lipinski definition) is 1. The van der Waals surface area contributed by atoms with Gasteiger partial charge in [-0.25, -0.2) is 8.78 Å². The van der Waals surface area contributed by atoms with E-state index in [-0.39, 0.29) is 65.6 Å². The lowest BCUT2D eigenvalue weighted by Crippen LogP contribution is -2.29. The Labute approximate surface area is 272 Å². The number of nitriles is 1. The molecule has 1 atom stereocenters. The van der Waals surface area contributed by atoms with E-state index in [1.54, 1.807) is 13.0 Å². The largest absolute Gasteiger partial charge is 0.493 e. The van der Waals surface area contributed by atoms with Crippen LogP contribution < -0.4 is 34.6 Å². The van der Waals surface area contributed by atoms with Crippen LogP contribution in [0.5, 0.6) is 34.5 Å². The number of anilines is 1. The van der Waals surface area contributed by atoms with E-state index in [1.807, 2.05) is 6.92 Å². The number of aromatic nitrogens is 2. The first-order valence-corrected chi connectivity index (χ1v) is 15.0. The molecule has 3 heterocycles. The second-order valence-corrected chi connectivity index (χ2v) is 10.4. The minimum absolute atomic E-state index is 0.0317. The molecule has 2 aromatic heterocycles. The van der Waals surface area contributed by atoms with Crippen LogP contribution in [0.2, 0.25) is 0 Å². The van der Waals surface area contributed by atoms with Crippen LogP contribution in [-0.2, 0) is 0 Å². The predicted octanol–water partition coefficient (Wildman–Crippen LogP) is 6.56. The van der Waals surface area contributed by atoms with Crippen LogP contribution in [-0.4, -0.2) is 41.4 Å². The van der Waals surface area contributed by atoms with Crippen molar-refractivity contribution in [1.29, 1.82) is 5.26 Å². The molecule has 0 spiro atoms. The van der Waals surface area contributed by atoms with E-state index in [9.17, 15) is 19.2 Å². The van der Waals surface area contributed by atoms with Gasteiger partial charge in [-0.05, 0) is 61.9 Å². The second-order valence-electron chi connectivity index (χ2n) is 10.4. The highest BCUT2D eigenvalue weighted by atomic mass is 19.1. The van der Waals surface area contributed by atoms with Crippen molar-refractivity contribution < 1.29 is 37.3 Å². The Morgan fingerprint density at radius 3 is 2.48 bits per heavy atom. The summed E-state index contributed by atoms with van der Waals surface area (Å²) in [5.41, 5.74) is -0.242. The maximum atomic E-state index is 15.5. The summed E-state index contributed by atoms with van der Waals surface area (Å²) in [4.78, 5) is 31.2. The van der Waals surface area contributed by atoms with E-state index in [0.717, 1.165) is 6.07 Å². The fraction of sp³-hybridized carbons (Fsp3) is 0.200. The number of halogens is 2. The second kappa shape index (κ2) is 13.7. The SMILES string of the molecule is CCOc1ccn(-c2ccc(F)cc2)c(=O)c1C(=O)Nc1ccc(Oc2ccnc3cc(OC(C#N)CC)c4c(c23)OCCO4)c(F)c1. The maximum Gasteiger partial charge on any atom is 0.271 e. The third-order valence-corrected chi connectivity index (χ3v) is 7.32. The number of nitrogens with zero attached hydrogens (tertiary/aromatic N) is 3. The Kier molecular flexibility index (Phi) is 9.06. The number of carbonyl (C=O) groups is 1. The molecular formula is C35H28F2N4O7. The Morgan fingerprint density at radius 1 is 1.00 bits per heavy atom. The van der Waals surface area contributed by atoms with Gasteiger partial charge >= 0.3 is 0 Å². The number of fused-ring (bicyclic) bond motifs is 3. The molecule has 0 saturated heterocycles. The van der Waals surface area contributed by atoms with E-state index in [2.05, 4.69) is 16.4 Å². The Morgan fingerprint density at radius 2 is 1.77 bits per heavy atom. The van der Waals surface area contributed by atoms with Gasteiger partial charge in [-0.15, -0.1) is 0 Å². The summed E-state index contributed by atoms with van der Waals surface area (Å²) in [6, 6.07) is 15.7. The molecule has 1 aliphatic heterocycles. The molecule has 3 aromatic carbocycles. The molecule has 1 aliphatic rings. The van der Waals surface area contributed by atoms with E-state index < -0.39 is 29.2 Å². The van der Waals surface area contributed by atoms with Gasteiger partial charge in [0.05, 0.1) is 17.5 Å². The van der Waals surface area contributed by atoms with E-state index >= 15 is 4.39 Å². The molecule has 0 fully saturated rings. The van der Waals surface area contributed by atoms with Crippen molar-refractivity contribution in [1.82, 2.24) is 9.55 Å². The highest BCUT2D eigenvalue weighted by Gasteiger charge is 2.27. The molecule has 0 saturated carbocycles. The van der Waals surface area contributed by atoms with Crippen LogP contribution in [0, 0.1) is 23.0 Å². The first-order valence-electron chi connectivity index (χ1n) is 15.0. The molecule has 244 valence electrons. The lowest BCUT2D eigenvalue weighted by atomic mass is 10.1. The fourth-order valence-electron chi connectivity index (χ4n) is 5.08. The fourth-order valence-corrected chi connectivity index (χ4v) is 5.08. The van der Waals surface area contributed by atoms with Crippen molar-refractivity contribution in [2.24, 2.45) is 0 Å². The number of ether oxygens (including phenoxy) is 5. The third-order valence-electron chi connectivity index (χ3n) is 7.32. The number of nitrogens with one attached hydrogen (secondary N) is 1. The minimum Gasteiger partial charge on any atom is -0.493 e. The molecule has 0 radical (unpaired) electrons. The Bertz CT molecular complexity index is 2110. The summed E-state index contributed by atoms with van der Waals surface area (Å²) < 4.78 is 59.3. The average molecular weight is 655 g/mol. The zero-order valence-corrected chi connectivity index (χ0v) is 25.8. The van der Waals surface area contributed by atoms with Crippen LogP contribution in [0.1, 0.15) is 30.6 Å². The van der Waals surface area contributed by atoms with Crippen molar-refractivity contribution >= 4 is 22.5 Å². The normalized spacial score (nSPS) is 12.6. The summed E-state index contributed by atoms with van der Waals surface area (Å²) >= 11 is 0. The molecule has 11 nitrogen and oxygen atoms in total. The molecule has 0 bridgehead atoms. The van der Waals surface area contributed by atoms with Crippen molar-refractivity contribution in [2.75, 3.05) is 25.1 Å². The molecule has 48 heavy (non-hydrogen) atoms. The smallest absolute Gasteiger partial charge is 0.271 e. The van der Waals surface area contributed by atoms with Crippen LogP contribution >= 0.6 is 0 Å². The van der Waals surface area contributed by atoms with E-state index in [1.165, 1.54) is 65.5 Å². The van der Waals surface area contributed by atoms with Gasteiger partial charge in [0.2, 0.25) is 5.75 Å². The molecule has 0 aliphatic carbocycles. The maximum absolute atomic E-state index is 15.5. The first-order chi connectivity index (χ1) is 23.3. The van der Waals surface area contributed by atoms with Gasteiger partial charge in [0.15, 0.2) is 29.2 Å². The number of carbonyl (C=O) groups excluding carboxylic acids is 1. The zero-order chi connectivity index (χ0) is 33.8. The first kappa shape index (κ1) is 31.8. The molecule has 1 amide bonds. The van der Waals surface area contributed by atoms with Gasteiger partial charge in [-0.1, -0.05) is 6.92 Å². The van der Waals surface area contributed by atoms with Crippen LogP contribution in [0.3, 0.4) is 0 Å². The summed E-state index contributed by atoms with van der Waals surface area (Å²) in [6.45, 7) is 4.19. The van der Waals surface area contributed by atoms with E-state index in [4.69, 9.17) is 23.7 Å². The summed E-state index contributed by atoms with van der Waals surface area (Å²) in [6.07, 6.45) is 2.62. The summed E-state index contributed by atoms with van der Waals surface area (Å²) in [5, 5.41) is 12.4. The molecule has 6 rings (SSSR count). The molecule has 1 N–H and O–H groups in total. The van der Waals surface area contributed by atoms with Gasteiger partial charge in [0, 0.05) is 35.9 Å². The monoisotopic (exact) mass is 654 g/mol. The number of rotatable bonds is 10. The van der Waals surface area contributed by atoms with Crippen LogP contribution in [0.4, 0.5) is 14.5 Å². The van der Waals surface area contributed by atoms with Crippen LogP contribution in [0.25, 0.3) is 16.6 Å². The van der Waals surface area contributed by atoms with Gasteiger partial charge in [0.1, 0.15) is 42.2 Å². The van der Waals surface area contributed by atoms with Gasteiger partial charge < -0.3 is 29.0 Å². The number of hydrogen-bond acceptors (Lipinski definition) is 9. The highest BCUT2D eigenvalue weighted by Crippen LogP contribution is 2.49. The van der Waals surface area contributed by atoms with Gasteiger partial charge in [0.25, 0.3) is 11.5 Å². The van der Waals surface area contributed by atoms with Gasteiger partial charge in [-0.2, -0.15) is 5.26 Å². The van der Waals surface area contributed by atoms with Crippen LogP contribution in [0.15, 0.2) is 77.9 Å². The highest BCUT2D eigenvalue weighted by molar-refractivity contribution is 6.06. The molecule has 13 heteroatoms. The zero-order valence-electron chi connectivity index (χ0n) is 25.8. The predicted molar refractivity (Wildman–Crippen MR) is 171 cm³/mol.